The molecule has 0 radical (unpaired) electrons. The second-order valence-electron chi connectivity index (χ2n) is 9.38. The molecular weight excluding hydrogens is 413 g/mol. The van der Waals surface area contributed by atoms with Gasteiger partial charge >= 0.3 is 0 Å². The molecule has 1 saturated heterocycles. The van der Waals surface area contributed by atoms with Gasteiger partial charge < -0.3 is 10.2 Å². The Kier molecular flexibility index (Phi) is 7.43. The van der Waals surface area contributed by atoms with E-state index < -0.39 is 6.17 Å². The lowest BCUT2D eigenvalue weighted by molar-refractivity contribution is 0.142. The largest absolute Gasteiger partial charge is 0.357 e. The van der Waals surface area contributed by atoms with Crippen molar-refractivity contribution in [1.82, 2.24) is 20.1 Å². The Hall–Kier alpha value is -2.73. The van der Waals surface area contributed by atoms with Gasteiger partial charge in [-0.2, -0.15) is 5.10 Å². The Morgan fingerprint density at radius 2 is 1.97 bits per heavy atom. The summed E-state index contributed by atoms with van der Waals surface area (Å²) in [7, 11) is 0. The maximum atomic E-state index is 13.1. The number of nitrogens with zero attached hydrogens (tertiary/aromatic N) is 4. The van der Waals surface area contributed by atoms with Gasteiger partial charge in [0, 0.05) is 36.9 Å². The first-order valence-corrected chi connectivity index (χ1v) is 12.2. The highest BCUT2D eigenvalue weighted by molar-refractivity contribution is 5.76. The molecule has 1 N–H and O–H groups in total. The van der Waals surface area contributed by atoms with E-state index in [1.807, 2.05) is 17.0 Å². The molecule has 2 aromatic heterocycles. The minimum Gasteiger partial charge on any atom is -0.357 e. The number of aromatic nitrogens is 3. The molecule has 0 aromatic carbocycles. The van der Waals surface area contributed by atoms with E-state index in [1.54, 1.807) is 6.08 Å². The van der Waals surface area contributed by atoms with Gasteiger partial charge in [-0.15, -0.1) is 0 Å². The van der Waals surface area contributed by atoms with E-state index in [-0.39, 0.29) is 0 Å². The summed E-state index contributed by atoms with van der Waals surface area (Å²) in [4.78, 5) is 7.09. The molecule has 176 valence electrons. The van der Waals surface area contributed by atoms with Gasteiger partial charge in [-0.1, -0.05) is 37.3 Å². The average Bonchev–Trinajstić information content (AvgIpc) is 3.23. The third-order valence-corrected chi connectivity index (χ3v) is 6.73. The number of anilines is 1. The van der Waals surface area contributed by atoms with Gasteiger partial charge in [0.1, 0.15) is 12.0 Å². The van der Waals surface area contributed by atoms with Crippen LogP contribution in [0.1, 0.15) is 57.7 Å². The molecule has 6 heteroatoms. The van der Waals surface area contributed by atoms with Crippen molar-refractivity contribution < 1.29 is 4.39 Å². The molecule has 2 fully saturated rings. The first kappa shape index (κ1) is 23.4. The van der Waals surface area contributed by atoms with Gasteiger partial charge in [0.05, 0.1) is 17.6 Å². The predicted octanol–water partition coefficient (Wildman–Crippen LogP) is 5.42. The summed E-state index contributed by atoms with van der Waals surface area (Å²) in [6.07, 6.45) is 13.7. The van der Waals surface area contributed by atoms with Gasteiger partial charge in [-0.3, -0.25) is 0 Å². The number of rotatable bonds is 8. The summed E-state index contributed by atoms with van der Waals surface area (Å²) < 4.78 is 15.0. The van der Waals surface area contributed by atoms with Gasteiger partial charge in [0.15, 0.2) is 0 Å². The fourth-order valence-electron chi connectivity index (χ4n) is 4.67. The van der Waals surface area contributed by atoms with Gasteiger partial charge in [-0.05, 0) is 63.6 Å². The molecule has 5 nitrogen and oxygen atoms in total. The molecule has 0 unspecified atom stereocenters. The van der Waals surface area contributed by atoms with Crippen LogP contribution in [0.4, 0.5) is 10.2 Å². The quantitative estimate of drug-likeness (QED) is 0.546. The highest BCUT2D eigenvalue weighted by Gasteiger charge is 2.31. The smallest absolute Gasteiger partial charge is 0.128 e. The van der Waals surface area contributed by atoms with Gasteiger partial charge in [0.25, 0.3) is 0 Å². The number of aryl methyl sites for hydroxylation is 1. The van der Waals surface area contributed by atoms with Crippen molar-refractivity contribution in [2.75, 3.05) is 18.0 Å². The van der Waals surface area contributed by atoms with E-state index >= 15 is 0 Å². The van der Waals surface area contributed by atoms with E-state index in [4.69, 9.17) is 10.1 Å². The highest BCUT2D eigenvalue weighted by atomic mass is 19.1. The standard InChI is InChI=1S/C27H36FN5/c1-5-7-8-25(19(3)4)27-20(6-2)18-33(31-27)24-9-10-26(29-17-24)32-13-11-22(12-14-32)30-23-15-21(28)16-23/h5,7-10,17-18,21-23,30H,1,6,11-16H2,2-4H3/b8-7-. The second-order valence-corrected chi connectivity index (χ2v) is 9.38. The molecule has 2 aliphatic rings. The first-order valence-electron chi connectivity index (χ1n) is 12.2. The summed E-state index contributed by atoms with van der Waals surface area (Å²) in [6.45, 7) is 12.1. The third-order valence-electron chi connectivity index (χ3n) is 6.73. The second kappa shape index (κ2) is 10.5. The molecular formula is C27H36FN5. The molecule has 1 saturated carbocycles. The van der Waals surface area contributed by atoms with Gasteiger partial charge in [0.2, 0.25) is 0 Å². The number of hydrogen-bond acceptors (Lipinski definition) is 4. The molecule has 4 rings (SSSR count). The zero-order chi connectivity index (χ0) is 23.4. The monoisotopic (exact) mass is 449 g/mol. The van der Waals surface area contributed by atoms with E-state index in [0.717, 1.165) is 55.1 Å². The van der Waals surface area contributed by atoms with Crippen LogP contribution in [0.5, 0.6) is 0 Å². The van der Waals surface area contributed by atoms with Crippen LogP contribution in [-0.2, 0) is 6.42 Å². The Morgan fingerprint density at radius 3 is 2.55 bits per heavy atom. The molecule has 0 bridgehead atoms. The minimum absolute atomic E-state index is 0.375. The predicted molar refractivity (Wildman–Crippen MR) is 135 cm³/mol. The normalized spacial score (nSPS) is 21.3. The van der Waals surface area contributed by atoms with E-state index in [9.17, 15) is 4.39 Å². The van der Waals surface area contributed by atoms with E-state index in [2.05, 4.69) is 62.0 Å². The van der Waals surface area contributed by atoms with Crippen LogP contribution in [0.15, 0.2) is 54.9 Å². The SMILES string of the molecule is C=C/C=C\C(=C(C)C)c1nn(-c2ccc(N3CCC(NC4CC(F)C4)CC3)nc2)cc1CC. The maximum Gasteiger partial charge on any atom is 0.128 e. The molecule has 33 heavy (non-hydrogen) atoms. The van der Waals surface area contributed by atoms with Crippen LogP contribution in [0.25, 0.3) is 11.3 Å². The molecule has 2 aromatic rings. The van der Waals surface area contributed by atoms with Crippen LogP contribution in [0.2, 0.25) is 0 Å². The number of alkyl halides is 1. The lowest BCUT2D eigenvalue weighted by atomic mass is 9.89. The molecule has 0 atom stereocenters. The van der Waals surface area contributed by atoms with Crippen LogP contribution in [0.3, 0.4) is 0 Å². The van der Waals surface area contributed by atoms with Crippen molar-refractivity contribution in [3.05, 3.63) is 66.2 Å². The van der Waals surface area contributed by atoms with E-state index in [1.165, 1.54) is 11.1 Å². The topological polar surface area (TPSA) is 46.0 Å². The third kappa shape index (κ3) is 5.44. The lowest BCUT2D eigenvalue weighted by Gasteiger charge is -2.38. The van der Waals surface area contributed by atoms with Gasteiger partial charge in [-0.25, -0.2) is 14.1 Å². The molecule has 1 aliphatic heterocycles. The zero-order valence-electron chi connectivity index (χ0n) is 20.1. The summed E-state index contributed by atoms with van der Waals surface area (Å²) in [5.41, 5.74) is 5.54. The number of pyridine rings is 1. The van der Waals surface area contributed by atoms with Crippen molar-refractivity contribution in [1.29, 1.82) is 0 Å². The van der Waals surface area contributed by atoms with Crippen molar-refractivity contribution >= 4 is 11.4 Å². The van der Waals surface area contributed by atoms with Crippen molar-refractivity contribution in [3.8, 4) is 5.69 Å². The lowest BCUT2D eigenvalue weighted by Crippen LogP contribution is -2.51. The van der Waals surface area contributed by atoms with E-state index in [0.29, 0.717) is 24.9 Å². The first-order chi connectivity index (χ1) is 16.0. The minimum atomic E-state index is -0.596. The molecule has 1 aliphatic carbocycles. The molecule has 0 amide bonds. The highest BCUT2D eigenvalue weighted by Crippen LogP contribution is 2.27. The fourth-order valence-corrected chi connectivity index (χ4v) is 4.67. The number of nitrogens with one attached hydrogen (secondary N) is 1. The van der Waals surface area contributed by atoms with Crippen LogP contribution < -0.4 is 10.2 Å². The summed E-state index contributed by atoms with van der Waals surface area (Å²) >= 11 is 0. The Morgan fingerprint density at radius 1 is 1.21 bits per heavy atom. The summed E-state index contributed by atoms with van der Waals surface area (Å²) in [5.74, 6) is 1.01. The maximum absolute atomic E-state index is 13.1. The molecule has 0 spiro atoms. The van der Waals surface area contributed by atoms with Crippen LogP contribution in [-0.4, -0.2) is 46.1 Å². The Labute approximate surface area is 197 Å². The Balaban J connectivity index is 1.43. The van der Waals surface area contributed by atoms with Crippen molar-refractivity contribution in [3.63, 3.8) is 0 Å². The zero-order valence-corrected chi connectivity index (χ0v) is 20.1. The van der Waals surface area contributed by atoms with Crippen LogP contribution in [0, 0.1) is 0 Å². The number of piperidine rings is 1. The molecule has 3 heterocycles. The number of allylic oxidation sites excluding steroid dienone is 5. The summed E-state index contributed by atoms with van der Waals surface area (Å²) in [5, 5.41) is 8.53. The summed E-state index contributed by atoms with van der Waals surface area (Å²) in [6, 6.07) is 5.06. The van der Waals surface area contributed by atoms with Crippen molar-refractivity contribution in [2.24, 2.45) is 0 Å². The Bertz CT molecular complexity index is 1000. The van der Waals surface area contributed by atoms with Crippen LogP contribution >= 0.6 is 0 Å². The number of hydrogen-bond donors (Lipinski definition) is 1. The van der Waals surface area contributed by atoms with Crippen molar-refractivity contribution in [2.45, 2.75) is 71.1 Å². The fraction of sp³-hybridized carbons (Fsp3) is 0.481. The number of halogens is 1. The average molecular weight is 450 g/mol.